The lowest BCUT2D eigenvalue weighted by Crippen LogP contribution is -2.22. The maximum absolute atomic E-state index is 12.2. The van der Waals surface area contributed by atoms with Gasteiger partial charge in [-0.15, -0.1) is 11.6 Å². The normalized spacial score (nSPS) is 10.8. The van der Waals surface area contributed by atoms with E-state index < -0.39 is 0 Å². The molecule has 0 N–H and O–H groups in total. The third kappa shape index (κ3) is 2.13. The molecule has 2 rings (SSSR count). The molecule has 0 aliphatic heterocycles. The molecule has 90 valence electrons. The van der Waals surface area contributed by atoms with Crippen molar-refractivity contribution < 1.29 is 4.74 Å². The monoisotopic (exact) mass is 252 g/mol. The van der Waals surface area contributed by atoms with Gasteiger partial charge in [0.15, 0.2) is 0 Å². The standard InChI is InChI=1S/C12H13ClN2O2/c1-8-10(5-6-13)12(16)15-7-9(17-2)3-4-11(15)14-8/h3-4,7H,5-6H2,1-2H3. The van der Waals surface area contributed by atoms with Crippen LogP contribution in [0.25, 0.3) is 5.65 Å². The molecule has 0 spiro atoms. The van der Waals surface area contributed by atoms with Gasteiger partial charge in [0.25, 0.3) is 5.56 Å². The van der Waals surface area contributed by atoms with E-state index in [2.05, 4.69) is 4.98 Å². The molecule has 0 aliphatic carbocycles. The zero-order chi connectivity index (χ0) is 12.4. The summed E-state index contributed by atoms with van der Waals surface area (Å²) in [6, 6.07) is 3.54. The third-order valence-electron chi connectivity index (χ3n) is 2.68. The van der Waals surface area contributed by atoms with Crippen LogP contribution in [0.3, 0.4) is 0 Å². The van der Waals surface area contributed by atoms with Crippen molar-refractivity contribution in [3.05, 3.63) is 39.9 Å². The number of ether oxygens (including phenoxy) is 1. The van der Waals surface area contributed by atoms with Gasteiger partial charge >= 0.3 is 0 Å². The molecule has 5 heteroatoms. The van der Waals surface area contributed by atoms with Crippen LogP contribution in [0.5, 0.6) is 5.75 Å². The molecule has 0 amide bonds. The number of hydrogen-bond acceptors (Lipinski definition) is 3. The summed E-state index contributed by atoms with van der Waals surface area (Å²) in [7, 11) is 1.56. The van der Waals surface area contributed by atoms with Crippen molar-refractivity contribution in [3.63, 3.8) is 0 Å². The summed E-state index contributed by atoms with van der Waals surface area (Å²) in [4.78, 5) is 16.6. The Hall–Kier alpha value is -1.55. The van der Waals surface area contributed by atoms with Crippen molar-refractivity contribution in [1.29, 1.82) is 0 Å². The first-order chi connectivity index (χ1) is 8.17. The van der Waals surface area contributed by atoms with Gasteiger partial charge in [0, 0.05) is 17.1 Å². The number of fused-ring (bicyclic) bond motifs is 1. The predicted molar refractivity (Wildman–Crippen MR) is 67.2 cm³/mol. The van der Waals surface area contributed by atoms with Crippen LogP contribution in [0.2, 0.25) is 0 Å². The second-order valence-electron chi connectivity index (χ2n) is 3.72. The summed E-state index contributed by atoms with van der Waals surface area (Å²) >= 11 is 5.69. The Morgan fingerprint density at radius 3 is 2.88 bits per heavy atom. The van der Waals surface area contributed by atoms with Crippen molar-refractivity contribution in [2.75, 3.05) is 13.0 Å². The molecule has 0 saturated heterocycles. The van der Waals surface area contributed by atoms with Crippen molar-refractivity contribution >= 4 is 17.2 Å². The van der Waals surface area contributed by atoms with Crippen LogP contribution in [0.15, 0.2) is 23.1 Å². The van der Waals surface area contributed by atoms with Crippen molar-refractivity contribution in [2.45, 2.75) is 13.3 Å². The molecule has 0 atom stereocenters. The van der Waals surface area contributed by atoms with Crippen LogP contribution in [0.1, 0.15) is 11.3 Å². The minimum Gasteiger partial charge on any atom is -0.495 e. The van der Waals surface area contributed by atoms with Gasteiger partial charge in [0.2, 0.25) is 0 Å². The fourth-order valence-electron chi connectivity index (χ4n) is 1.77. The van der Waals surface area contributed by atoms with E-state index in [1.54, 1.807) is 25.4 Å². The number of aryl methyl sites for hydroxylation is 1. The van der Waals surface area contributed by atoms with Gasteiger partial charge in [0.1, 0.15) is 11.4 Å². The molecule has 0 unspecified atom stereocenters. The molecule has 0 saturated carbocycles. The first-order valence-corrected chi connectivity index (χ1v) is 5.82. The van der Waals surface area contributed by atoms with Crippen LogP contribution in [0, 0.1) is 6.92 Å². The minimum absolute atomic E-state index is 0.0768. The van der Waals surface area contributed by atoms with Crippen LogP contribution in [-0.2, 0) is 6.42 Å². The summed E-state index contributed by atoms with van der Waals surface area (Å²) < 4.78 is 6.59. The maximum atomic E-state index is 12.2. The van der Waals surface area contributed by atoms with Gasteiger partial charge in [-0.2, -0.15) is 0 Å². The Balaban J connectivity index is 2.74. The lowest BCUT2D eigenvalue weighted by molar-refractivity contribution is 0.412. The van der Waals surface area contributed by atoms with Crippen molar-refractivity contribution in [2.24, 2.45) is 0 Å². The molecular weight excluding hydrogens is 240 g/mol. The van der Waals surface area contributed by atoms with E-state index in [-0.39, 0.29) is 5.56 Å². The van der Waals surface area contributed by atoms with Gasteiger partial charge in [-0.25, -0.2) is 4.98 Å². The lowest BCUT2D eigenvalue weighted by atomic mass is 10.2. The van der Waals surface area contributed by atoms with Gasteiger partial charge in [-0.3, -0.25) is 9.20 Å². The van der Waals surface area contributed by atoms with E-state index in [9.17, 15) is 4.79 Å². The van der Waals surface area contributed by atoms with E-state index in [4.69, 9.17) is 16.3 Å². The highest BCUT2D eigenvalue weighted by Gasteiger charge is 2.09. The summed E-state index contributed by atoms with van der Waals surface area (Å²) in [5.41, 5.74) is 1.94. The lowest BCUT2D eigenvalue weighted by Gasteiger charge is -2.08. The third-order valence-corrected chi connectivity index (χ3v) is 2.86. The molecule has 0 radical (unpaired) electrons. The van der Waals surface area contributed by atoms with E-state index in [1.165, 1.54) is 4.40 Å². The van der Waals surface area contributed by atoms with Crippen LogP contribution >= 0.6 is 11.6 Å². The average molecular weight is 253 g/mol. The molecule has 2 heterocycles. The van der Waals surface area contributed by atoms with Gasteiger partial charge in [-0.1, -0.05) is 0 Å². The number of rotatable bonds is 3. The zero-order valence-corrected chi connectivity index (χ0v) is 10.5. The topological polar surface area (TPSA) is 43.6 Å². The zero-order valence-electron chi connectivity index (χ0n) is 9.74. The molecule has 0 bridgehead atoms. The van der Waals surface area contributed by atoms with Gasteiger partial charge in [0.05, 0.1) is 13.3 Å². The number of methoxy groups -OCH3 is 1. The first-order valence-electron chi connectivity index (χ1n) is 5.29. The van der Waals surface area contributed by atoms with Gasteiger partial charge in [-0.05, 0) is 25.5 Å². The molecule has 2 aromatic rings. The summed E-state index contributed by atoms with van der Waals surface area (Å²) in [6.45, 7) is 1.83. The minimum atomic E-state index is -0.0768. The van der Waals surface area contributed by atoms with E-state index in [0.717, 1.165) is 5.69 Å². The second-order valence-corrected chi connectivity index (χ2v) is 4.09. The number of hydrogen-bond donors (Lipinski definition) is 0. The average Bonchev–Trinajstić information content (AvgIpc) is 2.34. The number of halogens is 1. The highest BCUT2D eigenvalue weighted by molar-refractivity contribution is 6.18. The largest absolute Gasteiger partial charge is 0.495 e. The number of aromatic nitrogens is 2. The highest BCUT2D eigenvalue weighted by atomic mass is 35.5. The molecule has 0 aliphatic rings. The van der Waals surface area contributed by atoms with Crippen molar-refractivity contribution in [3.8, 4) is 5.75 Å². The Morgan fingerprint density at radius 2 is 2.24 bits per heavy atom. The summed E-state index contributed by atoms with van der Waals surface area (Å²) in [6.07, 6.45) is 2.17. The smallest absolute Gasteiger partial charge is 0.261 e. The van der Waals surface area contributed by atoms with E-state index in [1.807, 2.05) is 6.92 Å². The number of pyridine rings is 1. The molecular formula is C12H13ClN2O2. The quantitative estimate of drug-likeness (QED) is 0.783. The Morgan fingerprint density at radius 1 is 1.47 bits per heavy atom. The molecule has 0 aromatic carbocycles. The number of nitrogens with zero attached hydrogens (tertiary/aromatic N) is 2. The maximum Gasteiger partial charge on any atom is 0.261 e. The Kier molecular flexibility index (Phi) is 3.33. The molecule has 2 aromatic heterocycles. The van der Waals surface area contributed by atoms with Crippen LogP contribution < -0.4 is 10.3 Å². The van der Waals surface area contributed by atoms with Gasteiger partial charge < -0.3 is 4.74 Å². The van der Waals surface area contributed by atoms with Crippen molar-refractivity contribution in [1.82, 2.24) is 9.38 Å². The van der Waals surface area contributed by atoms with Crippen LogP contribution in [-0.4, -0.2) is 22.4 Å². The summed E-state index contributed by atoms with van der Waals surface area (Å²) in [5.74, 6) is 1.04. The first kappa shape index (κ1) is 11.9. The molecule has 17 heavy (non-hydrogen) atoms. The molecule has 0 fully saturated rings. The van der Waals surface area contributed by atoms with Crippen LogP contribution in [0.4, 0.5) is 0 Å². The fraction of sp³-hybridized carbons (Fsp3) is 0.333. The SMILES string of the molecule is COc1ccc2nc(C)c(CCCl)c(=O)n2c1. The summed E-state index contributed by atoms with van der Waals surface area (Å²) in [5, 5.41) is 0. The Labute approximate surface area is 104 Å². The van der Waals surface area contributed by atoms with E-state index >= 15 is 0 Å². The number of alkyl halides is 1. The second kappa shape index (κ2) is 4.75. The highest BCUT2D eigenvalue weighted by Crippen LogP contribution is 2.11. The fourth-order valence-corrected chi connectivity index (χ4v) is 1.96. The Bertz CT molecular complexity index is 607. The van der Waals surface area contributed by atoms with E-state index in [0.29, 0.717) is 29.3 Å². The molecule has 4 nitrogen and oxygen atoms in total. The predicted octanol–water partition coefficient (Wildman–Crippen LogP) is 1.79.